The van der Waals surface area contributed by atoms with Crippen molar-refractivity contribution in [1.82, 2.24) is 0 Å². The van der Waals surface area contributed by atoms with Crippen molar-refractivity contribution < 1.29 is 35.2 Å². The third-order valence-electron chi connectivity index (χ3n) is 1.39. The Hall–Kier alpha value is -2.41. The quantitative estimate of drug-likeness (QED) is 0.684. The lowest BCUT2D eigenvalue weighted by atomic mass is 10.1. The van der Waals surface area contributed by atoms with E-state index in [0.29, 0.717) is 0 Å². The predicted molar refractivity (Wildman–Crippen MR) is 57.3 cm³/mol. The lowest BCUT2D eigenvalue weighted by molar-refractivity contribution is -0.134. The second-order valence-electron chi connectivity index (χ2n) is 2.67. The molecule has 1 aromatic rings. The van der Waals surface area contributed by atoms with Crippen LogP contribution in [0.25, 0.3) is 0 Å². The Morgan fingerprint density at radius 1 is 0.882 bits per heavy atom. The van der Waals surface area contributed by atoms with Gasteiger partial charge in [-0.15, -0.1) is 0 Å². The Balaban J connectivity index is 0. The van der Waals surface area contributed by atoms with E-state index in [9.17, 15) is 9.59 Å². The third-order valence-corrected chi connectivity index (χ3v) is 1.39. The SMILES string of the molecule is CC(=O)O.O.O=C(O)c1ccccc1C(=O)O. The van der Waals surface area contributed by atoms with Gasteiger partial charge in [0.1, 0.15) is 0 Å². The van der Waals surface area contributed by atoms with Crippen LogP contribution in [0.1, 0.15) is 27.6 Å². The van der Waals surface area contributed by atoms with E-state index in [4.69, 9.17) is 20.1 Å². The van der Waals surface area contributed by atoms with Crippen molar-refractivity contribution in [2.45, 2.75) is 6.92 Å². The summed E-state index contributed by atoms with van der Waals surface area (Å²) in [7, 11) is 0. The largest absolute Gasteiger partial charge is 0.481 e. The summed E-state index contributed by atoms with van der Waals surface area (Å²) in [5.41, 5.74) is -0.380. The molecule has 0 atom stereocenters. The minimum absolute atomic E-state index is 0. The summed E-state index contributed by atoms with van der Waals surface area (Å²) in [6, 6.07) is 5.48. The molecule has 0 aliphatic heterocycles. The maximum Gasteiger partial charge on any atom is 0.336 e. The molecule has 0 radical (unpaired) electrons. The molecule has 0 saturated heterocycles. The van der Waals surface area contributed by atoms with Crippen LogP contribution in [-0.4, -0.2) is 38.7 Å². The van der Waals surface area contributed by atoms with Gasteiger partial charge >= 0.3 is 11.9 Å². The molecule has 0 fully saturated rings. The number of aromatic carboxylic acids is 2. The molecule has 0 bridgehead atoms. The Morgan fingerprint density at radius 2 is 1.12 bits per heavy atom. The van der Waals surface area contributed by atoms with Crippen molar-refractivity contribution in [3.8, 4) is 0 Å². The summed E-state index contributed by atoms with van der Waals surface area (Å²) in [5, 5.41) is 24.5. The molecular weight excluding hydrogens is 232 g/mol. The summed E-state index contributed by atoms with van der Waals surface area (Å²) >= 11 is 0. The molecule has 1 rings (SSSR count). The lowest BCUT2D eigenvalue weighted by Gasteiger charge is -1.98. The second kappa shape index (κ2) is 7.83. The van der Waals surface area contributed by atoms with Gasteiger partial charge in [-0.1, -0.05) is 12.1 Å². The zero-order valence-electron chi connectivity index (χ0n) is 8.88. The highest BCUT2D eigenvalue weighted by atomic mass is 16.4. The molecule has 5 N–H and O–H groups in total. The number of rotatable bonds is 2. The van der Waals surface area contributed by atoms with Crippen LogP contribution < -0.4 is 0 Å². The normalized spacial score (nSPS) is 8.06. The number of hydrogen-bond acceptors (Lipinski definition) is 3. The van der Waals surface area contributed by atoms with Gasteiger partial charge < -0.3 is 20.8 Å². The number of carboxylic acid groups (broad SMARTS) is 3. The molecule has 0 heterocycles. The highest BCUT2D eigenvalue weighted by Crippen LogP contribution is 2.07. The average Bonchev–Trinajstić information content (AvgIpc) is 2.16. The predicted octanol–water partition coefficient (Wildman–Crippen LogP) is 0.349. The number of carboxylic acids is 3. The molecule has 7 nitrogen and oxygen atoms in total. The molecule has 7 heteroatoms. The highest BCUT2D eigenvalue weighted by molar-refractivity contribution is 6.01. The first-order chi connectivity index (χ1) is 7.36. The van der Waals surface area contributed by atoms with Crippen LogP contribution in [0.3, 0.4) is 0 Å². The Kier molecular flexibility index (Phi) is 7.83. The molecule has 1 aromatic carbocycles. The first-order valence-electron chi connectivity index (χ1n) is 4.11. The Morgan fingerprint density at radius 3 is 1.29 bits per heavy atom. The average molecular weight is 244 g/mol. The fourth-order valence-corrected chi connectivity index (χ4v) is 0.856. The number of aliphatic carboxylic acids is 1. The van der Waals surface area contributed by atoms with E-state index in [0.717, 1.165) is 6.92 Å². The van der Waals surface area contributed by atoms with E-state index in [2.05, 4.69) is 0 Å². The van der Waals surface area contributed by atoms with Crippen molar-refractivity contribution in [3.05, 3.63) is 35.4 Å². The van der Waals surface area contributed by atoms with Crippen molar-refractivity contribution in [3.63, 3.8) is 0 Å². The maximum absolute atomic E-state index is 10.5. The monoisotopic (exact) mass is 244 g/mol. The van der Waals surface area contributed by atoms with Crippen molar-refractivity contribution in [1.29, 1.82) is 0 Å². The van der Waals surface area contributed by atoms with Gasteiger partial charge in [0, 0.05) is 6.92 Å². The van der Waals surface area contributed by atoms with E-state index in [1.54, 1.807) is 0 Å². The van der Waals surface area contributed by atoms with Gasteiger partial charge in [0.15, 0.2) is 0 Å². The molecular formula is C10H12O7. The van der Waals surface area contributed by atoms with Crippen LogP contribution in [0.2, 0.25) is 0 Å². The van der Waals surface area contributed by atoms with Gasteiger partial charge in [-0.05, 0) is 12.1 Å². The second-order valence-corrected chi connectivity index (χ2v) is 2.67. The molecule has 94 valence electrons. The zero-order valence-corrected chi connectivity index (χ0v) is 8.88. The van der Waals surface area contributed by atoms with E-state index in [-0.39, 0.29) is 16.6 Å². The zero-order chi connectivity index (χ0) is 12.7. The van der Waals surface area contributed by atoms with Gasteiger partial charge in [-0.2, -0.15) is 0 Å². The smallest absolute Gasteiger partial charge is 0.336 e. The molecule has 0 amide bonds. The van der Waals surface area contributed by atoms with Gasteiger partial charge in [0.05, 0.1) is 11.1 Å². The fraction of sp³-hybridized carbons (Fsp3) is 0.100. The van der Waals surface area contributed by atoms with Crippen LogP contribution in [0.5, 0.6) is 0 Å². The summed E-state index contributed by atoms with van der Waals surface area (Å²) in [5.74, 6) is -3.29. The number of carbonyl (C=O) groups is 3. The van der Waals surface area contributed by atoms with Crippen molar-refractivity contribution >= 4 is 17.9 Å². The summed E-state index contributed by atoms with van der Waals surface area (Å²) in [6.07, 6.45) is 0. The van der Waals surface area contributed by atoms with Crippen molar-refractivity contribution in [2.75, 3.05) is 0 Å². The van der Waals surface area contributed by atoms with Crippen LogP contribution in [-0.2, 0) is 4.79 Å². The molecule has 0 aliphatic carbocycles. The van der Waals surface area contributed by atoms with E-state index < -0.39 is 17.9 Å². The molecule has 0 aromatic heterocycles. The van der Waals surface area contributed by atoms with Gasteiger partial charge in [0.25, 0.3) is 5.97 Å². The van der Waals surface area contributed by atoms with Crippen LogP contribution >= 0.6 is 0 Å². The van der Waals surface area contributed by atoms with E-state index >= 15 is 0 Å². The topological polar surface area (TPSA) is 143 Å². The summed E-state index contributed by atoms with van der Waals surface area (Å²) in [6.45, 7) is 1.08. The van der Waals surface area contributed by atoms with Crippen molar-refractivity contribution in [2.24, 2.45) is 0 Å². The Bertz CT molecular complexity index is 374. The minimum atomic E-state index is -1.23. The van der Waals surface area contributed by atoms with Gasteiger partial charge in [-0.3, -0.25) is 4.79 Å². The fourth-order valence-electron chi connectivity index (χ4n) is 0.856. The van der Waals surface area contributed by atoms with Crippen LogP contribution in [0, 0.1) is 0 Å². The van der Waals surface area contributed by atoms with Crippen LogP contribution in [0.15, 0.2) is 24.3 Å². The highest BCUT2D eigenvalue weighted by Gasteiger charge is 2.13. The molecule has 0 aliphatic rings. The minimum Gasteiger partial charge on any atom is -0.481 e. The Labute approximate surface area is 96.2 Å². The third kappa shape index (κ3) is 6.63. The molecule has 17 heavy (non-hydrogen) atoms. The number of benzene rings is 1. The van der Waals surface area contributed by atoms with Gasteiger partial charge in [0.2, 0.25) is 0 Å². The molecule has 0 saturated carbocycles. The van der Waals surface area contributed by atoms with Crippen LogP contribution in [0.4, 0.5) is 0 Å². The number of hydrogen-bond donors (Lipinski definition) is 3. The lowest BCUT2D eigenvalue weighted by Crippen LogP contribution is -2.06. The first-order valence-corrected chi connectivity index (χ1v) is 4.11. The van der Waals surface area contributed by atoms with Gasteiger partial charge in [-0.25, -0.2) is 9.59 Å². The first kappa shape index (κ1) is 17.0. The summed E-state index contributed by atoms with van der Waals surface area (Å²) < 4.78 is 0. The molecule has 0 unspecified atom stereocenters. The standard InChI is InChI=1S/C8H6O4.C2H4O2.H2O/c9-7(10)5-3-1-2-4-6(5)8(11)12;1-2(3)4;/h1-4H,(H,9,10)(H,11,12);1H3,(H,3,4);1H2. The molecule has 0 spiro atoms. The van der Waals surface area contributed by atoms with E-state index in [1.165, 1.54) is 24.3 Å². The maximum atomic E-state index is 10.5. The summed E-state index contributed by atoms with van der Waals surface area (Å²) in [4.78, 5) is 29.9. The van der Waals surface area contributed by atoms with E-state index in [1.807, 2.05) is 0 Å².